The second-order valence-corrected chi connectivity index (χ2v) is 9.77. The molecular formula is C19H19ClN2O3S2. The molecule has 0 radical (unpaired) electrons. The quantitative estimate of drug-likeness (QED) is 0.738. The van der Waals surface area contributed by atoms with Gasteiger partial charge in [-0.15, -0.1) is 0 Å². The number of amides is 1. The number of sulfone groups is 1. The van der Waals surface area contributed by atoms with Crippen LogP contribution in [0.5, 0.6) is 0 Å². The largest absolute Gasteiger partial charge is 0.287 e. The highest BCUT2D eigenvalue weighted by atomic mass is 35.5. The molecule has 0 aliphatic carbocycles. The van der Waals surface area contributed by atoms with Gasteiger partial charge >= 0.3 is 0 Å². The summed E-state index contributed by atoms with van der Waals surface area (Å²) < 4.78 is 23.6. The highest BCUT2D eigenvalue weighted by Gasteiger charge is 2.25. The lowest BCUT2D eigenvalue weighted by molar-refractivity contribution is 0.0849. The van der Waals surface area contributed by atoms with E-state index in [2.05, 4.69) is 4.99 Å². The lowest BCUT2D eigenvalue weighted by atomic mass is 10.2. The third-order valence-corrected chi connectivity index (χ3v) is 6.70. The van der Waals surface area contributed by atoms with Crippen LogP contribution in [0.3, 0.4) is 0 Å². The average molecular weight is 423 g/mol. The van der Waals surface area contributed by atoms with E-state index in [1.807, 2.05) is 19.1 Å². The molecule has 27 heavy (non-hydrogen) atoms. The molecule has 1 aliphatic heterocycles. The van der Waals surface area contributed by atoms with Crippen LogP contribution < -0.4 is 0 Å². The third kappa shape index (κ3) is 4.72. The maximum atomic E-state index is 13.0. The molecular weight excluding hydrogens is 404 g/mol. The van der Waals surface area contributed by atoms with Crippen LogP contribution in [0.25, 0.3) is 0 Å². The van der Waals surface area contributed by atoms with E-state index in [0.717, 1.165) is 24.0 Å². The number of amidine groups is 1. The Bertz CT molecular complexity index is 1020. The summed E-state index contributed by atoms with van der Waals surface area (Å²) in [7, 11) is -3.38. The van der Waals surface area contributed by atoms with E-state index < -0.39 is 9.84 Å². The zero-order valence-electron chi connectivity index (χ0n) is 15.0. The molecule has 1 fully saturated rings. The zero-order valence-corrected chi connectivity index (χ0v) is 17.4. The maximum Gasteiger partial charge on any atom is 0.259 e. The van der Waals surface area contributed by atoms with E-state index >= 15 is 0 Å². The molecule has 1 saturated heterocycles. The van der Waals surface area contributed by atoms with Crippen molar-refractivity contribution < 1.29 is 13.2 Å². The summed E-state index contributed by atoms with van der Waals surface area (Å²) in [5.41, 5.74) is 1.97. The Hall–Kier alpha value is -1.83. The standard InChI is InChI=1S/C19H19ClN2O3S2/c1-13-7-8-15(12-17(13)20)21-19-22(9-4-10-26-19)18(23)14-5-3-6-16(11-14)27(2,24)25/h3,5-8,11-12H,4,9-10H2,1-2H3. The highest BCUT2D eigenvalue weighted by Crippen LogP contribution is 2.27. The summed E-state index contributed by atoms with van der Waals surface area (Å²) in [6.45, 7) is 2.45. The van der Waals surface area contributed by atoms with Gasteiger partial charge in [-0.2, -0.15) is 0 Å². The molecule has 0 unspecified atom stereocenters. The number of aliphatic imine (C=N–C) groups is 1. The van der Waals surface area contributed by atoms with Gasteiger partial charge in [0.15, 0.2) is 15.0 Å². The van der Waals surface area contributed by atoms with Gasteiger partial charge in [0, 0.05) is 29.1 Å². The number of hydrogen-bond acceptors (Lipinski definition) is 5. The van der Waals surface area contributed by atoms with Crippen molar-refractivity contribution in [3.63, 3.8) is 0 Å². The van der Waals surface area contributed by atoms with Gasteiger partial charge in [0.25, 0.3) is 5.91 Å². The summed E-state index contributed by atoms with van der Waals surface area (Å²) in [6.07, 6.45) is 1.97. The van der Waals surface area contributed by atoms with Gasteiger partial charge in [0.05, 0.1) is 10.6 Å². The van der Waals surface area contributed by atoms with Crippen molar-refractivity contribution in [2.24, 2.45) is 4.99 Å². The molecule has 0 N–H and O–H groups in total. The Morgan fingerprint density at radius 2 is 2.00 bits per heavy atom. The van der Waals surface area contributed by atoms with Crippen LogP contribution in [0, 0.1) is 6.92 Å². The first-order valence-corrected chi connectivity index (χ1v) is 11.6. The van der Waals surface area contributed by atoms with Crippen molar-refractivity contribution in [3.05, 3.63) is 58.6 Å². The fraction of sp³-hybridized carbons (Fsp3) is 0.263. The van der Waals surface area contributed by atoms with E-state index in [-0.39, 0.29) is 10.8 Å². The van der Waals surface area contributed by atoms with Gasteiger partial charge in [-0.3, -0.25) is 9.69 Å². The monoisotopic (exact) mass is 422 g/mol. The minimum Gasteiger partial charge on any atom is -0.287 e. The first kappa shape index (κ1) is 19.9. The number of aryl methyl sites for hydroxylation is 1. The molecule has 142 valence electrons. The predicted molar refractivity (Wildman–Crippen MR) is 111 cm³/mol. The van der Waals surface area contributed by atoms with Crippen molar-refractivity contribution >= 4 is 50.0 Å². The predicted octanol–water partition coefficient (Wildman–Crippen LogP) is 4.32. The Kier molecular flexibility index (Phi) is 5.93. The number of rotatable bonds is 3. The van der Waals surface area contributed by atoms with Gasteiger partial charge in [-0.1, -0.05) is 35.5 Å². The van der Waals surface area contributed by atoms with E-state index in [4.69, 9.17) is 11.6 Å². The molecule has 0 bridgehead atoms. The number of thioether (sulfide) groups is 1. The number of carbonyl (C=O) groups excluding carboxylic acids is 1. The summed E-state index contributed by atoms with van der Waals surface area (Å²) in [5, 5.41) is 1.22. The van der Waals surface area contributed by atoms with E-state index in [1.165, 1.54) is 23.9 Å². The normalized spacial score (nSPS) is 16.6. The topological polar surface area (TPSA) is 66.8 Å². The first-order valence-electron chi connectivity index (χ1n) is 8.35. The van der Waals surface area contributed by atoms with Crippen molar-refractivity contribution in [2.75, 3.05) is 18.6 Å². The van der Waals surface area contributed by atoms with E-state index in [1.54, 1.807) is 23.1 Å². The van der Waals surface area contributed by atoms with Crippen LogP contribution in [-0.4, -0.2) is 42.9 Å². The Labute approximate surface area is 168 Å². The summed E-state index contributed by atoms with van der Waals surface area (Å²) >= 11 is 7.68. The van der Waals surface area contributed by atoms with Crippen molar-refractivity contribution in [2.45, 2.75) is 18.2 Å². The molecule has 0 atom stereocenters. The number of benzene rings is 2. The van der Waals surface area contributed by atoms with Crippen molar-refractivity contribution in [3.8, 4) is 0 Å². The average Bonchev–Trinajstić information content (AvgIpc) is 2.64. The smallest absolute Gasteiger partial charge is 0.259 e. The first-order chi connectivity index (χ1) is 12.8. The lowest BCUT2D eigenvalue weighted by Crippen LogP contribution is -2.39. The van der Waals surface area contributed by atoms with Crippen LogP contribution in [0.4, 0.5) is 5.69 Å². The lowest BCUT2D eigenvalue weighted by Gasteiger charge is -2.28. The Morgan fingerprint density at radius 1 is 1.22 bits per heavy atom. The van der Waals surface area contributed by atoms with Crippen molar-refractivity contribution in [1.29, 1.82) is 0 Å². The molecule has 1 amide bonds. The fourth-order valence-corrected chi connectivity index (χ4v) is 4.42. The minimum atomic E-state index is -3.38. The number of nitrogens with zero attached hydrogens (tertiary/aromatic N) is 2. The summed E-state index contributed by atoms with van der Waals surface area (Å²) in [5.74, 6) is 0.607. The van der Waals surface area contributed by atoms with E-state index in [0.29, 0.717) is 28.0 Å². The van der Waals surface area contributed by atoms with Gasteiger partial charge in [0.1, 0.15) is 0 Å². The number of carbonyl (C=O) groups is 1. The molecule has 1 heterocycles. The second-order valence-electron chi connectivity index (χ2n) is 6.29. The van der Waals surface area contributed by atoms with Gasteiger partial charge in [0.2, 0.25) is 0 Å². The molecule has 2 aromatic carbocycles. The zero-order chi connectivity index (χ0) is 19.6. The molecule has 8 heteroatoms. The van der Waals surface area contributed by atoms with Crippen molar-refractivity contribution in [1.82, 2.24) is 4.90 Å². The van der Waals surface area contributed by atoms with Crippen LogP contribution >= 0.6 is 23.4 Å². The molecule has 0 aromatic heterocycles. The van der Waals surface area contributed by atoms with Crippen LogP contribution in [0.2, 0.25) is 5.02 Å². The molecule has 2 aromatic rings. The highest BCUT2D eigenvalue weighted by molar-refractivity contribution is 8.13. The Morgan fingerprint density at radius 3 is 2.70 bits per heavy atom. The van der Waals surface area contributed by atoms with Gasteiger partial charge < -0.3 is 0 Å². The molecule has 0 saturated carbocycles. The number of halogens is 1. The second kappa shape index (κ2) is 8.04. The Balaban J connectivity index is 1.94. The number of hydrogen-bond donors (Lipinski definition) is 0. The molecule has 0 spiro atoms. The van der Waals surface area contributed by atoms with Crippen LogP contribution in [0.1, 0.15) is 22.3 Å². The molecule has 1 aliphatic rings. The van der Waals surface area contributed by atoms with Gasteiger partial charge in [-0.25, -0.2) is 13.4 Å². The minimum absolute atomic E-state index is 0.127. The molecule has 3 rings (SSSR count). The summed E-state index contributed by atoms with van der Waals surface area (Å²) in [6, 6.07) is 11.6. The van der Waals surface area contributed by atoms with Crippen LogP contribution in [0.15, 0.2) is 52.4 Å². The third-order valence-electron chi connectivity index (χ3n) is 4.12. The van der Waals surface area contributed by atoms with Crippen LogP contribution in [-0.2, 0) is 9.84 Å². The van der Waals surface area contributed by atoms with Gasteiger partial charge in [-0.05, 0) is 49.2 Å². The van der Waals surface area contributed by atoms with E-state index in [9.17, 15) is 13.2 Å². The SMILES string of the molecule is Cc1ccc(N=C2SCCCN2C(=O)c2cccc(S(C)(=O)=O)c2)cc1Cl. The fourth-order valence-electron chi connectivity index (χ4n) is 2.62. The maximum absolute atomic E-state index is 13.0. The summed E-state index contributed by atoms with van der Waals surface area (Å²) in [4.78, 5) is 19.3. The molecule has 5 nitrogen and oxygen atoms in total.